The van der Waals surface area contributed by atoms with Gasteiger partial charge in [0.1, 0.15) is 0 Å². The van der Waals surface area contributed by atoms with Gasteiger partial charge >= 0.3 is 0 Å². The Kier molecular flexibility index (Phi) is 5.51. The number of thioether (sulfide) groups is 1. The Morgan fingerprint density at radius 2 is 2.18 bits per heavy atom. The maximum Gasteiger partial charge on any atom is 0.230 e. The van der Waals surface area contributed by atoms with Crippen molar-refractivity contribution in [3.8, 4) is 0 Å². The van der Waals surface area contributed by atoms with Crippen LogP contribution in [-0.2, 0) is 11.3 Å². The highest BCUT2D eigenvalue weighted by molar-refractivity contribution is 8.00. The molecule has 3 nitrogen and oxygen atoms in total. The first-order valence-corrected chi connectivity index (χ1v) is 6.73. The first kappa shape index (κ1) is 14.1. The Hall–Kier alpha value is -1.00. The lowest BCUT2D eigenvalue weighted by Crippen LogP contribution is -2.31. The number of nitrogens with two attached hydrogens (primary N) is 1. The number of rotatable bonds is 5. The summed E-state index contributed by atoms with van der Waals surface area (Å²) in [5.74, 6) is 0.533. The average Bonchev–Trinajstić information content (AvgIpc) is 2.25. The van der Waals surface area contributed by atoms with Crippen LogP contribution in [0.5, 0.6) is 0 Å². The fraction of sp³-hybridized carbons (Fsp3) is 0.462. The fourth-order valence-electron chi connectivity index (χ4n) is 1.50. The van der Waals surface area contributed by atoms with Crippen molar-refractivity contribution in [2.75, 3.05) is 5.75 Å². The van der Waals surface area contributed by atoms with Crippen molar-refractivity contribution in [2.45, 2.75) is 38.3 Å². The summed E-state index contributed by atoms with van der Waals surface area (Å²) in [4.78, 5) is 12.6. The number of hydrogen-bond acceptors (Lipinski definition) is 3. The van der Waals surface area contributed by atoms with Crippen molar-refractivity contribution in [2.24, 2.45) is 5.73 Å². The van der Waals surface area contributed by atoms with Crippen molar-refractivity contribution >= 4 is 17.7 Å². The molecule has 0 fully saturated rings. The van der Waals surface area contributed by atoms with Crippen molar-refractivity contribution in [3.63, 3.8) is 0 Å². The molecule has 0 aliphatic rings. The standard InChI is InChI=1S/C13H20N2OS/c1-9(2)15-13(16)8-17-12-5-4-11(7-14)10(3)6-12/h4-6,9H,7-8,14H2,1-3H3,(H,15,16). The minimum absolute atomic E-state index is 0.0746. The molecule has 0 aliphatic heterocycles. The van der Waals surface area contributed by atoms with Gasteiger partial charge in [0.25, 0.3) is 0 Å². The third-order valence-electron chi connectivity index (χ3n) is 2.35. The van der Waals surface area contributed by atoms with E-state index < -0.39 is 0 Å². The smallest absolute Gasteiger partial charge is 0.230 e. The molecule has 17 heavy (non-hydrogen) atoms. The quantitative estimate of drug-likeness (QED) is 0.789. The van der Waals surface area contributed by atoms with Crippen LogP contribution in [0.4, 0.5) is 0 Å². The van der Waals surface area contributed by atoms with Gasteiger partial charge in [-0.25, -0.2) is 0 Å². The van der Waals surface area contributed by atoms with Crippen LogP contribution in [0.2, 0.25) is 0 Å². The molecule has 0 saturated heterocycles. The number of benzene rings is 1. The fourth-order valence-corrected chi connectivity index (χ4v) is 2.31. The molecule has 1 amide bonds. The summed E-state index contributed by atoms with van der Waals surface area (Å²) in [7, 11) is 0. The summed E-state index contributed by atoms with van der Waals surface area (Å²) < 4.78 is 0. The highest BCUT2D eigenvalue weighted by Gasteiger charge is 2.05. The van der Waals surface area contributed by atoms with Crippen molar-refractivity contribution < 1.29 is 4.79 Å². The second-order valence-corrected chi connectivity index (χ2v) is 5.35. The molecule has 0 unspecified atom stereocenters. The van der Waals surface area contributed by atoms with Gasteiger partial charge in [-0.3, -0.25) is 4.79 Å². The van der Waals surface area contributed by atoms with E-state index >= 15 is 0 Å². The number of carbonyl (C=O) groups excluding carboxylic acids is 1. The molecule has 0 saturated carbocycles. The van der Waals surface area contributed by atoms with Crippen LogP contribution < -0.4 is 11.1 Å². The van der Waals surface area contributed by atoms with E-state index in [0.717, 1.165) is 10.5 Å². The van der Waals surface area contributed by atoms with Crippen LogP contribution in [0.1, 0.15) is 25.0 Å². The number of nitrogens with one attached hydrogen (secondary N) is 1. The van der Waals surface area contributed by atoms with Crippen molar-refractivity contribution in [1.29, 1.82) is 0 Å². The normalized spacial score (nSPS) is 10.6. The summed E-state index contributed by atoms with van der Waals surface area (Å²) in [6.07, 6.45) is 0. The van der Waals surface area contributed by atoms with Gasteiger partial charge in [-0.2, -0.15) is 0 Å². The lowest BCUT2D eigenvalue weighted by Gasteiger charge is -2.09. The monoisotopic (exact) mass is 252 g/mol. The number of aryl methyl sites for hydroxylation is 1. The zero-order valence-corrected chi connectivity index (χ0v) is 11.4. The van der Waals surface area contributed by atoms with E-state index in [9.17, 15) is 4.79 Å². The van der Waals surface area contributed by atoms with E-state index in [2.05, 4.69) is 11.4 Å². The first-order chi connectivity index (χ1) is 8.02. The van der Waals surface area contributed by atoms with Gasteiger partial charge < -0.3 is 11.1 Å². The van der Waals surface area contributed by atoms with Gasteiger partial charge in [0.15, 0.2) is 0 Å². The Balaban J connectivity index is 2.52. The molecule has 3 N–H and O–H groups in total. The maximum absolute atomic E-state index is 11.5. The van der Waals surface area contributed by atoms with E-state index in [-0.39, 0.29) is 11.9 Å². The van der Waals surface area contributed by atoms with Gasteiger partial charge in [0, 0.05) is 17.5 Å². The van der Waals surface area contributed by atoms with Crippen LogP contribution in [0.15, 0.2) is 23.1 Å². The zero-order valence-electron chi connectivity index (χ0n) is 10.6. The van der Waals surface area contributed by atoms with Crippen LogP contribution in [0.25, 0.3) is 0 Å². The first-order valence-electron chi connectivity index (χ1n) is 5.74. The SMILES string of the molecule is Cc1cc(SCC(=O)NC(C)C)ccc1CN. The molecular weight excluding hydrogens is 232 g/mol. The maximum atomic E-state index is 11.5. The summed E-state index contributed by atoms with van der Waals surface area (Å²) >= 11 is 1.55. The molecule has 1 rings (SSSR count). The Bertz CT molecular complexity index is 391. The molecular formula is C13H20N2OS. The van der Waals surface area contributed by atoms with Gasteiger partial charge in [-0.15, -0.1) is 11.8 Å². The summed E-state index contributed by atoms with van der Waals surface area (Å²) in [5.41, 5.74) is 7.94. The van der Waals surface area contributed by atoms with Crippen LogP contribution >= 0.6 is 11.8 Å². The molecule has 0 aromatic heterocycles. The summed E-state index contributed by atoms with van der Waals surface area (Å²) in [6.45, 7) is 6.52. The van der Waals surface area contributed by atoms with Gasteiger partial charge in [-0.1, -0.05) is 6.07 Å². The largest absolute Gasteiger partial charge is 0.353 e. The Labute approximate surface area is 107 Å². The average molecular weight is 252 g/mol. The predicted octanol–water partition coefficient (Wildman–Crippen LogP) is 2.07. The topological polar surface area (TPSA) is 55.1 Å². The predicted molar refractivity (Wildman–Crippen MR) is 73.1 cm³/mol. The number of amides is 1. The van der Waals surface area contributed by atoms with E-state index in [4.69, 9.17) is 5.73 Å². The number of carbonyl (C=O) groups is 1. The Morgan fingerprint density at radius 3 is 2.71 bits per heavy atom. The lowest BCUT2D eigenvalue weighted by atomic mass is 10.1. The van der Waals surface area contributed by atoms with Gasteiger partial charge in [0.05, 0.1) is 5.75 Å². The molecule has 1 aromatic carbocycles. The van der Waals surface area contributed by atoms with E-state index in [1.165, 1.54) is 5.56 Å². The molecule has 0 bridgehead atoms. The lowest BCUT2D eigenvalue weighted by molar-refractivity contribution is -0.119. The van der Waals surface area contributed by atoms with Crippen molar-refractivity contribution in [1.82, 2.24) is 5.32 Å². The second-order valence-electron chi connectivity index (χ2n) is 4.30. The molecule has 94 valence electrons. The van der Waals surface area contributed by atoms with Gasteiger partial charge in [-0.05, 0) is 44.0 Å². The van der Waals surface area contributed by atoms with Crippen molar-refractivity contribution in [3.05, 3.63) is 29.3 Å². The molecule has 0 atom stereocenters. The molecule has 0 radical (unpaired) electrons. The highest BCUT2D eigenvalue weighted by Crippen LogP contribution is 2.21. The van der Waals surface area contributed by atoms with Crippen LogP contribution in [0.3, 0.4) is 0 Å². The van der Waals surface area contributed by atoms with E-state index in [0.29, 0.717) is 12.3 Å². The number of hydrogen-bond donors (Lipinski definition) is 2. The van der Waals surface area contributed by atoms with Gasteiger partial charge in [0.2, 0.25) is 5.91 Å². The van der Waals surface area contributed by atoms with E-state index in [1.54, 1.807) is 11.8 Å². The molecule has 0 spiro atoms. The Morgan fingerprint density at radius 1 is 1.47 bits per heavy atom. The minimum Gasteiger partial charge on any atom is -0.353 e. The third-order valence-corrected chi connectivity index (χ3v) is 3.35. The van der Waals surface area contributed by atoms with Crippen LogP contribution in [-0.4, -0.2) is 17.7 Å². The molecule has 1 aromatic rings. The highest BCUT2D eigenvalue weighted by atomic mass is 32.2. The van der Waals surface area contributed by atoms with Crippen LogP contribution in [0, 0.1) is 6.92 Å². The summed E-state index contributed by atoms with van der Waals surface area (Å²) in [5, 5.41) is 2.87. The third kappa shape index (κ3) is 4.79. The molecule has 4 heteroatoms. The minimum atomic E-state index is 0.0746. The molecule has 0 heterocycles. The summed E-state index contributed by atoms with van der Waals surface area (Å²) in [6, 6.07) is 6.32. The van der Waals surface area contributed by atoms with E-state index in [1.807, 2.05) is 32.9 Å². The zero-order chi connectivity index (χ0) is 12.8. The second kappa shape index (κ2) is 6.67. The molecule has 0 aliphatic carbocycles.